The molecule has 0 unspecified atom stereocenters. The highest BCUT2D eigenvalue weighted by Crippen LogP contribution is 2.34. The minimum Gasteiger partial charge on any atom is -0.493 e. The van der Waals surface area contributed by atoms with Crippen molar-refractivity contribution in [1.29, 1.82) is 0 Å². The molecule has 2 aromatic rings. The van der Waals surface area contributed by atoms with Crippen LogP contribution in [0.25, 0.3) is 0 Å². The van der Waals surface area contributed by atoms with Gasteiger partial charge in [0.25, 0.3) is 0 Å². The van der Waals surface area contributed by atoms with E-state index in [1.54, 1.807) is 13.2 Å². The van der Waals surface area contributed by atoms with Crippen molar-refractivity contribution in [3.05, 3.63) is 58.1 Å². The molecule has 0 aliphatic carbocycles. The van der Waals surface area contributed by atoms with E-state index >= 15 is 0 Å². The van der Waals surface area contributed by atoms with Gasteiger partial charge in [0.05, 0.1) is 11.6 Å². The van der Waals surface area contributed by atoms with Crippen LogP contribution >= 0.6 is 15.9 Å². The Bertz CT molecular complexity index is 620. The molecule has 0 bridgehead atoms. The Balaban J connectivity index is 2.07. The number of methoxy groups -OCH3 is 1. The largest absolute Gasteiger partial charge is 0.493 e. The number of carbonyl (C=O) groups is 1. The monoisotopic (exact) mass is 348 g/mol. The number of ketones is 1. The second kappa shape index (κ2) is 7.27. The van der Waals surface area contributed by atoms with E-state index in [4.69, 9.17) is 9.47 Å². The first-order valence-corrected chi connectivity index (χ1v) is 7.52. The Morgan fingerprint density at radius 1 is 1.14 bits per heavy atom. The van der Waals surface area contributed by atoms with Crippen molar-refractivity contribution in [2.24, 2.45) is 0 Å². The summed E-state index contributed by atoms with van der Waals surface area (Å²) in [5, 5.41) is 0. The number of hydrogen-bond acceptors (Lipinski definition) is 3. The Kier molecular flexibility index (Phi) is 5.39. The van der Waals surface area contributed by atoms with Crippen LogP contribution in [-0.2, 0) is 6.42 Å². The third kappa shape index (κ3) is 3.85. The molecule has 0 atom stereocenters. The van der Waals surface area contributed by atoms with Crippen LogP contribution in [0, 0.1) is 0 Å². The Hall–Kier alpha value is -1.81. The van der Waals surface area contributed by atoms with Crippen molar-refractivity contribution in [3.8, 4) is 11.5 Å². The Morgan fingerprint density at radius 3 is 2.48 bits per heavy atom. The molecular weight excluding hydrogens is 332 g/mol. The average molecular weight is 349 g/mol. The van der Waals surface area contributed by atoms with Gasteiger partial charge in [-0.3, -0.25) is 4.79 Å². The summed E-state index contributed by atoms with van der Waals surface area (Å²) in [5.41, 5.74) is 1.86. The predicted molar refractivity (Wildman–Crippen MR) is 86.3 cm³/mol. The molecule has 2 aromatic carbocycles. The Labute approximate surface area is 133 Å². The summed E-state index contributed by atoms with van der Waals surface area (Å²) >= 11 is 3.40. The smallest absolute Gasteiger partial charge is 0.200 e. The number of Topliss-reactive ketones (excluding diaryl/α,β-unsaturated/α-hetero) is 1. The summed E-state index contributed by atoms with van der Waals surface area (Å²) in [4.78, 5) is 12.1. The van der Waals surface area contributed by atoms with Gasteiger partial charge >= 0.3 is 0 Å². The third-order valence-corrected chi connectivity index (χ3v) is 3.81. The van der Waals surface area contributed by atoms with Crippen molar-refractivity contribution in [1.82, 2.24) is 0 Å². The average Bonchev–Trinajstić information content (AvgIpc) is 2.53. The fourth-order valence-corrected chi connectivity index (χ4v) is 2.40. The standard InChI is InChI=1S/C17H17BrO3/c1-3-12-7-9-13(10-8-12)15(19)11-21-17-14(18)5-4-6-16(17)20-2/h4-10H,3,11H2,1-2H3. The van der Waals surface area contributed by atoms with Gasteiger partial charge in [0.1, 0.15) is 0 Å². The maximum absolute atomic E-state index is 12.1. The molecule has 3 nitrogen and oxygen atoms in total. The zero-order valence-electron chi connectivity index (χ0n) is 12.1. The molecule has 2 rings (SSSR count). The maximum Gasteiger partial charge on any atom is 0.200 e. The number of para-hydroxylation sites is 1. The van der Waals surface area contributed by atoms with E-state index in [1.165, 1.54) is 5.56 Å². The second-order valence-electron chi connectivity index (χ2n) is 4.53. The highest BCUT2D eigenvalue weighted by Gasteiger charge is 2.12. The third-order valence-electron chi connectivity index (χ3n) is 3.18. The van der Waals surface area contributed by atoms with Crippen LogP contribution in [0.2, 0.25) is 0 Å². The van der Waals surface area contributed by atoms with Crippen molar-refractivity contribution < 1.29 is 14.3 Å². The zero-order valence-corrected chi connectivity index (χ0v) is 13.6. The number of aryl methyl sites for hydroxylation is 1. The molecule has 0 saturated carbocycles. The summed E-state index contributed by atoms with van der Waals surface area (Å²) in [6.07, 6.45) is 0.957. The molecule has 110 valence electrons. The van der Waals surface area contributed by atoms with Gasteiger partial charge in [0.15, 0.2) is 23.9 Å². The number of benzene rings is 2. The van der Waals surface area contributed by atoms with E-state index in [-0.39, 0.29) is 12.4 Å². The first-order valence-electron chi connectivity index (χ1n) is 6.73. The quantitative estimate of drug-likeness (QED) is 0.730. The number of halogens is 1. The highest BCUT2D eigenvalue weighted by molar-refractivity contribution is 9.10. The summed E-state index contributed by atoms with van der Waals surface area (Å²) in [6, 6.07) is 13.1. The van der Waals surface area contributed by atoms with E-state index in [0.717, 1.165) is 10.9 Å². The lowest BCUT2D eigenvalue weighted by molar-refractivity contribution is 0.0919. The summed E-state index contributed by atoms with van der Waals surface area (Å²) in [6.45, 7) is 2.06. The summed E-state index contributed by atoms with van der Waals surface area (Å²) < 4.78 is 11.6. The Morgan fingerprint density at radius 2 is 1.86 bits per heavy atom. The van der Waals surface area contributed by atoms with E-state index in [2.05, 4.69) is 22.9 Å². The van der Waals surface area contributed by atoms with Crippen molar-refractivity contribution in [2.45, 2.75) is 13.3 Å². The van der Waals surface area contributed by atoms with Gasteiger partial charge in [-0.15, -0.1) is 0 Å². The number of rotatable bonds is 6. The normalized spacial score (nSPS) is 10.2. The fraction of sp³-hybridized carbons (Fsp3) is 0.235. The van der Waals surface area contributed by atoms with E-state index in [0.29, 0.717) is 17.1 Å². The molecule has 0 spiro atoms. The SMILES string of the molecule is CCc1ccc(C(=O)COc2c(Br)cccc2OC)cc1. The molecule has 0 saturated heterocycles. The number of carbonyl (C=O) groups excluding carboxylic acids is 1. The lowest BCUT2D eigenvalue weighted by Crippen LogP contribution is -2.12. The van der Waals surface area contributed by atoms with Crippen LogP contribution in [0.3, 0.4) is 0 Å². The summed E-state index contributed by atoms with van der Waals surface area (Å²) in [7, 11) is 1.57. The van der Waals surface area contributed by atoms with Gasteiger partial charge in [-0.1, -0.05) is 37.3 Å². The first kappa shape index (κ1) is 15.6. The molecule has 0 fully saturated rings. The van der Waals surface area contributed by atoms with Gasteiger partial charge in [0.2, 0.25) is 0 Å². The van der Waals surface area contributed by atoms with E-state index in [9.17, 15) is 4.79 Å². The van der Waals surface area contributed by atoms with Crippen molar-refractivity contribution >= 4 is 21.7 Å². The van der Waals surface area contributed by atoms with Crippen LogP contribution in [0.15, 0.2) is 46.9 Å². The molecule has 0 heterocycles. The molecule has 21 heavy (non-hydrogen) atoms. The summed E-state index contributed by atoms with van der Waals surface area (Å²) in [5.74, 6) is 1.08. The molecular formula is C17H17BrO3. The van der Waals surface area contributed by atoms with Crippen LogP contribution in [0.5, 0.6) is 11.5 Å². The molecule has 0 radical (unpaired) electrons. The minimum absolute atomic E-state index is 0.0234. The molecule has 0 aliphatic rings. The van der Waals surface area contributed by atoms with Crippen LogP contribution in [0.1, 0.15) is 22.8 Å². The molecule has 4 heteroatoms. The van der Waals surface area contributed by atoms with Gasteiger partial charge in [-0.2, -0.15) is 0 Å². The fourth-order valence-electron chi connectivity index (χ4n) is 1.94. The first-order chi connectivity index (χ1) is 10.2. The predicted octanol–water partition coefficient (Wildman–Crippen LogP) is 4.28. The molecule has 0 amide bonds. The maximum atomic E-state index is 12.1. The molecule has 0 aliphatic heterocycles. The van der Waals surface area contributed by atoms with Gasteiger partial charge in [-0.25, -0.2) is 0 Å². The van der Waals surface area contributed by atoms with Gasteiger partial charge in [-0.05, 0) is 40.0 Å². The lowest BCUT2D eigenvalue weighted by atomic mass is 10.1. The molecule has 0 aromatic heterocycles. The number of hydrogen-bond donors (Lipinski definition) is 0. The van der Waals surface area contributed by atoms with Gasteiger partial charge < -0.3 is 9.47 Å². The van der Waals surface area contributed by atoms with E-state index < -0.39 is 0 Å². The molecule has 0 N–H and O–H groups in total. The van der Waals surface area contributed by atoms with Crippen LogP contribution in [0.4, 0.5) is 0 Å². The van der Waals surface area contributed by atoms with Gasteiger partial charge in [0, 0.05) is 5.56 Å². The van der Waals surface area contributed by atoms with Crippen LogP contribution < -0.4 is 9.47 Å². The van der Waals surface area contributed by atoms with Crippen molar-refractivity contribution in [2.75, 3.05) is 13.7 Å². The second-order valence-corrected chi connectivity index (χ2v) is 5.39. The highest BCUT2D eigenvalue weighted by atomic mass is 79.9. The lowest BCUT2D eigenvalue weighted by Gasteiger charge is -2.11. The number of ether oxygens (including phenoxy) is 2. The zero-order chi connectivity index (χ0) is 15.2. The minimum atomic E-state index is -0.0598. The topological polar surface area (TPSA) is 35.5 Å². The van der Waals surface area contributed by atoms with Crippen LogP contribution in [-0.4, -0.2) is 19.5 Å². The van der Waals surface area contributed by atoms with Crippen molar-refractivity contribution in [3.63, 3.8) is 0 Å². The van der Waals surface area contributed by atoms with E-state index in [1.807, 2.05) is 36.4 Å².